The number of rotatable bonds is 4. The Labute approximate surface area is 101 Å². The van der Waals surface area contributed by atoms with Gasteiger partial charge in [-0.2, -0.15) is 13.2 Å². The molecule has 0 saturated heterocycles. The van der Waals surface area contributed by atoms with Crippen molar-refractivity contribution >= 4 is 16.8 Å². The molecule has 92 valence electrons. The summed E-state index contributed by atoms with van der Waals surface area (Å²) in [7, 11) is 0. The molecule has 0 atom stereocenters. The van der Waals surface area contributed by atoms with Crippen molar-refractivity contribution in [3.63, 3.8) is 0 Å². The molecular formula is C11H8ClF3O2. The maximum absolute atomic E-state index is 12.7. The molecule has 17 heavy (non-hydrogen) atoms. The molecule has 0 aromatic heterocycles. The van der Waals surface area contributed by atoms with Gasteiger partial charge < -0.3 is 4.74 Å². The van der Waals surface area contributed by atoms with Crippen molar-refractivity contribution < 1.29 is 22.7 Å². The predicted molar refractivity (Wildman–Crippen MR) is 57.3 cm³/mol. The summed E-state index contributed by atoms with van der Waals surface area (Å²) in [5.41, 5.74) is -1.35. The van der Waals surface area contributed by atoms with E-state index in [1.165, 1.54) is 12.1 Å². The molecule has 2 nitrogen and oxygen atoms in total. The van der Waals surface area contributed by atoms with Crippen LogP contribution in [0.4, 0.5) is 13.2 Å². The first kappa shape index (κ1) is 13.6. The fourth-order valence-electron chi connectivity index (χ4n) is 1.21. The third-order valence-corrected chi connectivity index (χ3v) is 2.08. The van der Waals surface area contributed by atoms with Crippen LogP contribution in [-0.4, -0.2) is 11.8 Å². The van der Waals surface area contributed by atoms with E-state index in [0.717, 1.165) is 12.1 Å². The number of para-hydroxylation sites is 1. The minimum Gasteiger partial charge on any atom is -0.488 e. The topological polar surface area (TPSA) is 26.3 Å². The fourth-order valence-corrected chi connectivity index (χ4v) is 1.36. The molecule has 0 aliphatic heterocycles. The normalized spacial score (nSPS) is 11.1. The second kappa shape index (κ2) is 5.23. The minimum atomic E-state index is -4.61. The highest BCUT2D eigenvalue weighted by Gasteiger charge is 2.36. The summed E-state index contributed by atoms with van der Waals surface area (Å²) in [6.07, 6.45) is -3.34. The Bertz CT molecular complexity index is 441. The maximum Gasteiger partial charge on any atom is 0.419 e. The van der Waals surface area contributed by atoms with E-state index >= 15 is 0 Å². The molecular weight excluding hydrogens is 257 g/mol. The van der Waals surface area contributed by atoms with Crippen LogP contribution in [0.3, 0.4) is 0 Å². The Morgan fingerprint density at radius 3 is 2.59 bits per heavy atom. The fraction of sp³-hybridized carbons (Fsp3) is 0.182. The van der Waals surface area contributed by atoms with Gasteiger partial charge in [-0.1, -0.05) is 18.7 Å². The lowest BCUT2D eigenvalue weighted by Gasteiger charge is -2.15. The first-order valence-electron chi connectivity index (χ1n) is 4.51. The zero-order chi connectivity index (χ0) is 13.1. The van der Waals surface area contributed by atoms with Crippen LogP contribution in [-0.2, 0) is 6.18 Å². The van der Waals surface area contributed by atoms with Gasteiger partial charge in [-0.25, -0.2) is 0 Å². The van der Waals surface area contributed by atoms with E-state index in [2.05, 4.69) is 6.58 Å². The van der Waals surface area contributed by atoms with Crippen LogP contribution in [0.5, 0.6) is 5.75 Å². The smallest absolute Gasteiger partial charge is 0.419 e. The molecule has 0 bridgehead atoms. The Kier molecular flexibility index (Phi) is 4.17. The van der Waals surface area contributed by atoms with Crippen molar-refractivity contribution in [2.45, 2.75) is 6.18 Å². The monoisotopic (exact) mass is 264 g/mol. The van der Waals surface area contributed by atoms with Crippen LogP contribution in [0.15, 0.2) is 30.9 Å². The number of hydrogen-bond acceptors (Lipinski definition) is 2. The van der Waals surface area contributed by atoms with Crippen molar-refractivity contribution in [3.05, 3.63) is 42.0 Å². The average molecular weight is 265 g/mol. The summed E-state index contributed by atoms with van der Waals surface area (Å²) in [6.45, 7) is 3.17. The molecule has 0 aliphatic carbocycles. The molecule has 0 amide bonds. The van der Waals surface area contributed by atoms with Gasteiger partial charge in [-0.05, 0) is 23.7 Å². The molecule has 0 spiro atoms. The van der Waals surface area contributed by atoms with E-state index in [0.29, 0.717) is 0 Å². The molecule has 0 N–H and O–H groups in total. The number of carbonyl (C=O) groups excluding carboxylic acids is 1. The lowest BCUT2D eigenvalue weighted by molar-refractivity contribution is -0.138. The third-order valence-electron chi connectivity index (χ3n) is 1.88. The van der Waals surface area contributed by atoms with Crippen LogP contribution in [0, 0.1) is 0 Å². The van der Waals surface area contributed by atoms with Crippen molar-refractivity contribution in [3.8, 4) is 5.75 Å². The van der Waals surface area contributed by atoms with Crippen LogP contribution in [0.1, 0.15) is 15.9 Å². The van der Waals surface area contributed by atoms with Crippen molar-refractivity contribution in [1.29, 1.82) is 0 Å². The first-order chi connectivity index (χ1) is 7.88. The number of alkyl halides is 3. The Morgan fingerprint density at radius 2 is 2.12 bits per heavy atom. The quantitative estimate of drug-likeness (QED) is 0.613. The summed E-state index contributed by atoms with van der Waals surface area (Å²) in [6, 6.07) is 3.09. The second-order valence-electron chi connectivity index (χ2n) is 3.05. The van der Waals surface area contributed by atoms with Crippen molar-refractivity contribution in [1.82, 2.24) is 0 Å². The first-order valence-corrected chi connectivity index (χ1v) is 4.89. The van der Waals surface area contributed by atoms with E-state index in [-0.39, 0.29) is 12.2 Å². The largest absolute Gasteiger partial charge is 0.488 e. The van der Waals surface area contributed by atoms with Crippen LogP contribution in [0.25, 0.3) is 0 Å². The minimum absolute atomic E-state index is 0.149. The van der Waals surface area contributed by atoms with E-state index < -0.39 is 22.7 Å². The Morgan fingerprint density at radius 1 is 1.47 bits per heavy atom. The van der Waals surface area contributed by atoms with Gasteiger partial charge in [-0.15, -0.1) is 0 Å². The van der Waals surface area contributed by atoms with Gasteiger partial charge in [0, 0.05) is 0 Å². The summed E-state index contributed by atoms with van der Waals surface area (Å²) < 4.78 is 42.8. The molecule has 1 aromatic carbocycles. The molecule has 0 aliphatic rings. The zero-order valence-electron chi connectivity index (χ0n) is 8.55. The molecule has 0 heterocycles. The molecule has 0 fully saturated rings. The van der Waals surface area contributed by atoms with Gasteiger partial charge >= 0.3 is 6.18 Å². The zero-order valence-corrected chi connectivity index (χ0v) is 9.31. The van der Waals surface area contributed by atoms with Gasteiger partial charge in [0.05, 0.1) is 11.1 Å². The van der Waals surface area contributed by atoms with Crippen molar-refractivity contribution in [2.75, 3.05) is 6.61 Å². The molecule has 0 unspecified atom stereocenters. The molecule has 1 aromatic rings. The van der Waals surface area contributed by atoms with Gasteiger partial charge in [0.15, 0.2) is 0 Å². The maximum atomic E-state index is 12.7. The predicted octanol–water partition coefficient (Wildman–Crippen LogP) is 3.65. The number of carbonyl (C=O) groups is 1. The highest BCUT2D eigenvalue weighted by atomic mass is 35.5. The summed E-state index contributed by atoms with van der Waals surface area (Å²) in [5.74, 6) is -0.570. The number of benzene rings is 1. The summed E-state index contributed by atoms with van der Waals surface area (Å²) >= 11 is 5.20. The summed E-state index contributed by atoms with van der Waals surface area (Å²) in [4.78, 5) is 11.0. The van der Waals surface area contributed by atoms with Gasteiger partial charge in [-0.3, -0.25) is 4.79 Å². The Hall–Kier alpha value is -1.49. The van der Waals surface area contributed by atoms with Crippen LogP contribution in [0.2, 0.25) is 0 Å². The van der Waals surface area contributed by atoms with E-state index in [1.807, 2.05) is 0 Å². The number of ether oxygens (including phenoxy) is 1. The highest BCUT2D eigenvalue weighted by molar-refractivity contribution is 6.68. The molecule has 1 rings (SSSR count). The van der Waals surface area contributed by atoms with Gasteiger partial charge in [0.25, 0.3) is 5.24 Å². The molecule has 6 heteroatoms. The Balaban J connectivity index is 3.34. The second-order valence-corrected chi connectivity index (χ2v) is 3.40. The standard InChI is InChI=1S/C11H8ClF3O2/c1-2-6-17-9-7(10(12)16)4-3-5-8(9)11(13,14)15/h2-5H,1,6H2. The van der Waals surface area contributed by atoms with E-state index in [9.17, 15) is 18.0 Å². The van der Waals surface area contributed by atoms with E-state index in [4.69, 9.17) is 16.3 Å². The molecule has 0 radical (unpaired) electrons. The number of halogens is 4. The van der Waals surface area contributed by atoms with Crippen molar-refractivity contribution in [2.24, 2.45) is 0 Å². The third kappa shape index (κ3) is 3.23. The lowest BCUT2D eigenvalue weighted by Crippen LogP contribution is -2.11. The highest BCUT2D eigenvalue weighted by Crippen LogP contribution is 2.38. The van der Waals surface area contributed by atoms with Crippen LogP contribution >= 0.6 is 11.6 Å². The average Bonchev–Trinajstić information content (AvgIpc) is 2.24. The van der Waals surface area contributed by atoms with E-state index in [1.54, 1.807) is 0 Å². The van der Waals surface area contributed by atoms with Gasteiger partial charge in [0.1, 0.15) is 12.4 Å². The SMILES string of the molecule is C=CCOc1c(C(=O)Cl)cccc1C(F)(F)F. The number of hydrogen-bond donors (Lipinski definition) is 0. The van der Waals surface area contributed by atoms with Gasteiger partial charge in [0.2, 0.25) is 0 Å². The molecule has 0 saturated carbocycles. The lowest BCUT2D eigenvalue weighted by atomic mass is 10.1. The summed E-state index contributed by atoms with van der Waals surface area (Å²) in [5, 5.41) is -1.00. The van der Waals surface area contributed by atoms with Crippen LogP contribution < -0.4 is 4.74 Å².